The van der Waals surface area contributed by atoms with Gasteiger partial charge in [-0.25, -0.2) is 4.39 Å². The Morgan fingerprint density at radius 2 is 2.06 bits per heavy atom. The second-order valence-corrected chi connectivity index (χ2v) is 4.06. The fraction of sp³-hybridized carbons (Fsp3) is 0.462. The number of hydrogen-bond acceptors (Lipinski definition) is 2. The Balaban J connectivity index is 2.28. The molecular weight excluding hydrogens is 219 g/mol. The van der Waals surface area contributed by atoms with Crippen LogP contribution in [0.2, 0.25) is 0 Å². The molecule has 1 unspecified atom stereocenters. The Labute approximate surface area is 101 Å². The van der Waals surface area contributed by atoms with Crippen molar-refractivity contribution in [1.29, 1.82) is 0 Å². The minimum atomic E-state index is -0.423. The molecule has 1 aromatic rings. The average Bonchev–Trinajstić information content (AvgIpc) is 2.32. The van der Waals surface area contributed by atoms with Crippen LogP contribution in [-0.2, 0) is 11.2 Å². The molecule has 0 aliphatic carbocycles. The van der Waals surface area contributed by atoms with Crippen LogP contribution < -0.4 is 11.1 Å². The molecule has 17 heavy (non-hydrogen) atoms. The highest BCUT2D eigenvalue weighted by atomic mass is 19.1. The summed E-state index contributed by atoms with van der Waals surface area (Å²) in [5.74, 6) is -0.364. The van der Waals surface area contributed by atoms with Crippen LogP contribution >= 0.6 is 0 Å². The maximum atomic E-state index is 12.6. The predicted molar refractivity (Wildman–Crippen MR) is 66.0 cm³/mol. The van der Waals surface area contributed by atoms with Crippen molar-refractivity contribution < 1.29 is 9.18 Å². The lowest BCUT2D eigenvalue weighted by Crippen LogP contribution is -2.41. The highest BCUT2D eigenvalue weighted by Gasteiger charge is 2.10. The molecule has 1 aromatic carbocycles. The SMILES string of the molecule is CCCC(N)C(=O)NCCc1ccc(F)cc1. The van der Waals surface area contributed by atoms with Crippen LogP contribution in [0.5, 0.6) is 0 Å². The molecule has 1 atom stereocenters. The summed E-state index contributed by atoms with van der Waals surface area (Å²) in [5.41, 5.74) is 6.66. The summed E-state index contributed by atoms with van der Waals surface area (Å²) in [7, 11) is 0. The van der Waals surface area contributed by atoms with Crippen molar-refractivity contribution in [2.45, 2.75) is 32.2 Å². The van der Waals surface area contributed by atoms with Crippen molar-refractivity contribution >= 4 is 5.91 Å². The van der Waals surface area contributed by atoms with E-state index in [0.29, 0.717) is 19.4 Å². The third kappa shape index (κ3) is 4.95. The molecular formula is C13H19FN2O. The summed E-state index contributed by atoms with van der Waals surface area (Å²) in [6, 6.07) is 5.84. The summed E-state index contributed by atoms with van der Waals surface area (Å²) in [4.78, 5) is 11.5. The van der Waals surface area contributed by atoms with Crippen molar-refractivity contribution in [2.75, 3.05) is 6.54 Å². The molecule has 0 aliphatic heterocycles. The Bertz CT molecular complexity index is 351. The normalized spacial score (nSPS) is 12.2. The van der Waals surface area contributed by atoms with Crippen molar-refractivity contribution in [2.24, 2.45) is 5.73 Å². The van der Waals surface area contributed by atoms with Crippen LogP contribution in [0.25, 0.3) is 0 Å². The van der Waals surface area contributed by atoms with Crippen molar-refractivity contribution in [3.63, 3.8) is 0 Å². The molecule has 4 heteroatoms. The summed E-state index contributed by atoms with van der Waals surface area (Å²) < 4.78 is 12.6. The molecule has 0 aliphatic rings. The van der Waals surface area contributed by atoms with Gasteiger partial charge >= 0.3 is 0 Å². The minimum absolute atomic E-state index is 0.117. The van der Waals surface area contributed by atoms with Gasteiger partial charge in [0.25, 0.3) is 0 Å². The van der Waals surface area contributed by atoms with Crippen LogP contribution in [0.3, 0.4) is 0 Å². The zero-order valence-corrected chi connectivity index (χ0v) is 10.1. The molecule has 0 saturated heterocycles. The van der Waals surface area contributed by atoms with E-state index in [1.807, 2.05) is 6.92 Å². The maximum absolute atomic E-state index is 12.6. The number of benzene rings is 1. The lowest BCUT2D eigenvalue weighted by molar-refractivity contribution is -0.122. The molecule has 1 amide bonds. The Morgan fingerprint density at radius 3 is 2.65 bits per heavy atom. The standard InChI is InChI=1S/C13H19FN2O/c1-2-3-12(15)13(17)16-9-8-10-4-6-11(14)7-5-10/h4-7,12H,2-3,8-9,15H2,1H3,(H,16,17). The number of nitrogens with two attached hydrogens (primary N) is 1. The van der Waals surface area contributed by atoms with Gasteiger partial charge in [-0.3, -0.25) is 4.79 Å². The summed E-state index contributed by atoms with van der Waals surface area (Å²) in [6.07, 6.45) is 2.28. The zero-order valence-electron chi connectivity index (χ0n) is 10.1. The molecule has 1 rings (SSSR count). The van der Waals surface area contributed by atoms with Crippen molar-refractivity contribution in [1.82, 2.24) is 5.32 Å². The van der Waals surface area contributed by atoms with Gasteiger partial charge in [0.1, 0.15) is 5.82 Å². The molecule has 3 nitrogen and oxygen atoms in total. The third-order valence-corrected chi connectivity index (χ3v) is 2.56. The van der Waals surface area contributed by atoms with Gasteiger partial charge < -0.3 is 11.1 Å². The van der Waals surface area contributed by atoms with E-state index >= 15 is 0 Å². The summed E-state index contributed by atoms with van der Waals surface area (Å²) in [5, 5.41) is 2.77. The molecule has 3 N–H and O–H groups in total. The third-order valence-electron chi connectivity index (χ3n) is 2.56. The molecule has 0 radical (unpaired) electrons. The quantitative estimate of drug-likeness (QED) is 0.791. The molecule has 94 valence electrons. The van der Waals surface area contributed by atoms with Gasteiger partial charge in [-0.15, -0.1) is 0 Å². The van der Waals surface area contributed by atoms with Crippen molar-refractivity contribution in [3.8, 4) is 0 Å². The molecule has 0 fully saturated rings. The summed E-state index contributed by atoms with van der Waals surface area (Å²) in [6.45, 7) is 2.52. The minimum Gasteiger partial charge on any atom is -0.354 e. The molecule has 0 aromatic heterocycles. The average molecular weight is 238 g/mol. The van der Waals surface area contributed by atoms with E-state index < -0.39 is 6.04 Å². The first-order chi connectivity index (χ1) is 8.13. The van der Waals surface area contributed by atoms with Gasteiger partial charge in [-0.2, -0.15) is 0 Å². The van der Waals surface area contributed by atoms with Gasteiger partial charge in [0.05, 0.1) is 6.04 Å². The number of carbonyl (C=O) groups excluding carboxylic acids is 1. The highest BCUT2D eigenvalue weighted by molar-refractivity contribution is 5.81. The Morgan fingerprint density at radius 1 is 1.41 bits per heavy atom. The topological polar surface area (TPSA) is 55.1 Å². The number of halogens is 1. The second kappa shape index (κ2) is 7.01. The van der Waals surface area contributed by atoms with Crippen LogP contribution in [-0.4, -0.2) is 18.5 Å². The number of carbonyl (C=O) groups is 1. The zero-order chi connectivity index (χ0) is 12.7. The molecule has 0 spiro atoms. The first kappa shape index (κ1) is 13.6. The Hall–Kier alpha value is -1.42. The van der Waals surface area contributed by atoms with Gasteiger partial charge in [0, 0.05) is 6.54 Å². The van der Waals surface area contributed by atoms with E-state index in [2.05, 4.69) is 5.32 Å². The monoisotopic (exact) mass is 238 g/mol. The van der Waals surface area contributed by atoms with E-state index in [1.165, 1.54) is 12.1 Å². The largest absolute Gasteiger partial charge is 0.354 e. The van der Waals surface area contributed by atoms with E-state index in [0.717, 1.165) is 12.0 Å². The smallest absolute Gasteiger partial charge is 0.236 e. The van der Waals surface area contributed by atoms with Crippen LogP contribution in [0.15, 0.2) is 24.3 Å². The van der Waals surface area contributed by atoms with Crippen LogP contribution in [0, 0.1) is 5.82 Å². The van der Waals surface area contributed by atoms with E-state index in [4.69, 9.17) is 5.73 Å². The van der Waals surface area contributed by atoms with E-state index in [9.17, 15) is 9.18 Å². The summed E-state index contributed by atoms with van der Waals surface area (Å²) >= 11 is 0. The predicted octanol–water partition coefficient (Wildman–Crippen LogP) is 1.61. The van der Waals surface area contributed by atoms with Gasteiger partial charge in [-0.05, 0) is 30.5 Å². The van der Waals surface area contributed by atoms with Crippen LogP contribution in [0.4, 0.5) is 4.39 Å². The molecule has 0 bridgehead atoms. The van der Waals surface area contributed by atoms with E-state index in [-0.39, 0.29) is 11.7 Å². The van der Waals surface area contributed by atoms with E-state index in [1.54, 1.807) is 12.1 Å². The van der Waals surface area contributed by atoms with Crippen molar-refractivity contribution in [3.05, 3.63) is 35.6 Å². The second-order valence-electron chi connectivity index (χ2n) is 4.06. The lowest BCUT2D eigenvalue weighted by atomic mass is 10.1. The first-order valence-electron chi connectivity index (χ1n) is 5.91. The van der Waals surface area contributed by atoms with Gasteiger partial charge in [0.2, 0.25) is 5.91 Å². The highest BCUT2D eigenvalue weighted by Crippen LogP contribution is 2.02. The lowest BCUT2D eigenvalue weighted by Gasteiger charge is -2.10. The fourth-order valence-electron chi connectivity index (χ4n) is 1.55. The molecule has 0 saturated carbocycles. The van der Waals surface area contributed by atoms with Crippen LogP contribution in [0.1, 0.15) is 25.3 Å². The van der Waals surface area contributed by atoms with Gasteiger partial charge in [-0.1, -0.05) is 25.5 Å². The first-order valence-corrected chi connectivity index (χ1v) is 5.91. The maximum Gasteiger partial charge on any atom is 0.236 e. The number of nitrogens with one attached hydrogen (secondary N) is 1. The molecule has 0 heterocycles. The van der Waals surface area contributed by atoms with Gasteiger partial charge in [0.15, 0.2) is 0 Å². The fourth-order valence-corrected chi connectivity index (χ4v) is 1.55. The number of rotatable bonds is 6. The number of hydrogen-bond donors (Lipinski definition) is 2. The Kier molecular flexibility index (Phi) is 5.63. The number of amides is 1.